The molecule has 1 aliphatic rings. The fourth-order valence-electron chi connectivity index (χ4n) is 2.35. The first-order valence-electron chi connectivity index (χ1n) is 6.39. The van der Waals surface area contributed by atoms with Crippen LogP contribution in [0.25, 0.3) is 0 Å². The summed E-state index contributed by atoms with van der Waals surface area (Å²) in [4.78, 5) is 0. The lowest BCUT2D eigenvalue weighted by molar-refractivity contribution is 0.136. The third-order valence-electron chi connectivity index (χ3n) is 3.43. The van der Waals surface area contributed by atoms with E-state index in [-0.39, 0.29) is 11.9 Å². The third kappa shape index (κ3) is 3.43. The summed E-state index contributed by atoms with van der Waals surface area (Å²) in [6, 6.07) is 6.62. The molecule has 0 amide bonds. The van der Waals surface area contributed by atoms with Gasteiger partial charge in [0.25, 0.3) is 0 Å². The molecule has 1 aromatic rings. The second-order valence-electron chi connectivity index (χ2n) is 4.69. The maximum absolute atomic E-state index is 13.5. The predicted molar refractivity (Wildman–Crippen MR) is 66.7 cm³/mol. The summed E-state index contributed by atoms with van der Waals surface area (Å²) in [7, 11) is 0. The van der Waals surface area contributed by atoms with E-state index in [2.05, 4.69) is 5.32 Å². The van der Waals surface area contributed by atoms with Gasteiger partial charge in [0.1, 0.15) is 0 Å². The number of rotatable bonds is 3. The minimum absolute atomic E-state index is 0.0757. The molecule has 1 heterocycles. The summed E-state index contributed by atoms with van der Waals surface area (Å²) in [5, 5.41) is 3.38. The number of para-hydroxylation sites is 1. The second kappa shape index (κ2) is 6.01. The number of hydrogen-bond acceptors (Lipinski definition) is 2. The van der Waals surface area contributed by atoms with Crippen LogP contribution in [0.4, 0.5) is 4.39 Å². The van der Waals surface area contributed by atoms with Gasteiger partial charge in [-0.05, 0) is 57.3 Å². The fourth-order valence-corrected chi connectivity index (χ4v) is 2.35. The first-order valence-corrected chi connectivity index (χ1v) is 6.39. The van der Waals surface area contributed by atoms with Crippen molar-refractivity contribution < 1.29 is 9.13 Å². The van der Waals surface area contributed by atoms with Crippen LogP contribution in [0.3, 0.4) is 0 Å². The molecule has 2 unspecified atom stereocenters. The molecule has 0 aromatic heterocycles. The Balaban J connectivity index is 1.95. The molecule has 3 heteroatoms. The zero-order valence-corrected chi connectivity index (χ0v) is 10.3. The highest BCUT2D eigenvalue weighted by Gasteiger charge is 2.21. The first-order chi connectivity index (χ1) is 8.27. The van der Waals surface area contributed by atoms with Crippen LogP contribution in [0.15, 0.2) is 24.3 Å². The normalized spacial score (nSPS) is 22.8. The van der Waals surface area contributed by atoms with Crippen LogP contribution in [0.1, 0.15) is 26.2 Å². The van der Waals surface area contributed by atoms with Crippen molar-refractivity contribution in [2.24, 2.45) is 5.92 Å². The van der Waals surface area contributed by atoms with Crippen LogP contribution in [0.2, 0.25) is 0 Å². The molecule has 1 fully saturated rings. The van der Waals surface area contributed by atoms with E-state index in [1.807, 2.05) is 6.92 Å². The molecule has 1 N–H and O–H groups in total. The van der Waals surface area contributed by atoms with Crippen molar-refractivity contribution in [3.63, 3.8) is 0 Å². The van der Waals surface area contributed by atoms with Gasteiger partial charge in [-0.1, -0.05) is 12.1 Å². The first kappa shape index (κ1) is 12.4. The number of ether oxygens (including phenoxy) is 1. The Morgan fingerprint density at radius 3 is 2.94 bits per heavy atom. The molecule has 17 heavy (non-hydrogen) atoms. The van der Waals surface area contributed by atoms with E-state index in [1.54, 1.807) is 18.2 Å². The van der Waals surface area contributed by atoms with Gasteiger partial charge in [0.2, 0.25) is 0 Å². The Labute approximate surface area is 102 Å². The molecule has 2 rings (SSSR count). The van der Waals surface area contributed by atoms with Crippen molar-refractivity contribution in [2.45, 2.75) is 32.3 Å². The third-order valence-corrected chi connectivity index (χ3v) is 3.43. The summed E-state index contributed by atoms with van der Waals surface area (Å²) in [6.07, 6.45) is 3.51. The van der Waals surface area contributed by atoms with Crippen molar-refractivity contribution in [2.75, 3.05) is 13.1 Å². The van der Waals surface area contributed by atoms with Crippen LogP contribution in [-0.2, 0) is 0 Å². The molecule has 0 saturated carbocycles. The van der Waals surface area contributed by atoms with Crippen molar-refractivity contribution >= 4 is 0 Å². The molecule has 1 saturated heterocycles. The fraction of sp³-hybridized carbons (Fsp3) is 0.571. The molecule has 0 radical (unpaired) electrons. The van der Waals surface area contributed by atoms with Gasteiger partial charge in [-0.15, -0.1) is 0 Å². The van der Waals surface area contributed by atoms with E-state index in [1.165, 1.54) is 12.5 Å². The van der Waals surface area contributed by atoms with E-state index in [9.17, 15) is 4.39 Å². The lowest BCUT2D eigenvalue weighted by atomic mass is 9.95. The lowest BCUT2D eigenvalue weighted by Crippen LogP contribution is -2.25. The molecule has 94 valence electrons. The van der Waals surface area contributed by atoms with Gasteiger partial charge in [-0.3, -0.25) is 0 Å². The number of benzene rings is 1. The molecule has 0 aliphatic carbocycles. The molecule has 1 aromatic carbocycles. The Hall–Kier alpha value is -1.09. The topological polar surface area (TPSA) is 21.3 Å². The molecule has 2 atom stereocenters. The van der Waals surface area contributed by atoms with Gasteiger partial charge in [0.15, 0.2) is 11.6 Å². The van der Waals surface area contributed by atoms with E-state index < -0.39 is 0 Å². The Kier molecular flexibility index (Phi) is 4.37. The standard InChI is InChI=1S/C14H20FNO/c1-11(12-5-4-9-16-10-8-12)17-14-7-3-2-6-13(14)15/h2-3,6-7,11-12,16H,4-5,8-10H2,1H3. The molecule has 0 bridgehead atoms. The summed E-state index contributed by atoms with van der Waals surface area (Å²) in [5.74, 6) is 0.618. The van der Waals surface area contributed by atoms with Crippen LogP contribution in [-0.4, -0.2) is 19.2 Å². The average molecular weight is 237 g/mol. The highest BCUT2D eigenvalue weighted by molar-refractivity contribution is 5.23. The van der Waals surface area contributed by atoms with Gasteiger partial charge in [0.05, 0.1) is 6.10 Å². The number of hydrogen-bond donors (Lipinski definition) is 1. The summed E-state index contributed by atoms with van der Waals surface area (Å²) in [6.45, 7) is 4.17. The molecule has 1 aliphatic heterocycles. The van der Waals surface area contributed by atoms with Crippen molar-refractivity contribution in [3.05, 3.63) is 30.1 Å². The van der Waals surface area contributed by atoms with Gasteiger partial charge < -0.3 is 10.1 Å². The zero-order valence-electron chi connectivity index (χ0n) is 10.3. The van der Waals surface area contributed by atoms with Gasteiger partial charge in [-0.25, -0.2) is 4.39 Å². The Bertz CT molecular complexity index is 348. The number of halogens is 1. The van der Waals surface area contributed by atoms with Gasteiger partial charge >= 0.3 is 0 Å². The van der Waals surface area contributed by atoms with Crippen LogP contribution in [0.5, 0.6) is 5.75 Å². The number of nitrogens with one attached hydrogen (secondary N) is 1. The minimum atomic E-state index is -0.272. The van der Waals surface area contributed by atoms with Crippen molar-refractivity contribution in [1.29, 1.82) is 0 Å². The van der Waals surface area contributed by atoms with Crippen molar-refractivity contribution in [3.8, 4) is 5.75 Å². The summed E-state index contributed by atoms with van der Waals surface area (Å²) in [5.41, 5.74) is 0. The smallest absolute Gasteiger partial charge is 0.165 e. The summed E-state index contributed by atoms with van der Waals surface area (Å²) < 4.78 is 19.2. The summed E-state index contributed by atoms with van der Waals surface area (Å²) >= 11 is 0. The van der Waals surface area contributed by atoms with Crippen LogP contribution < -0.4 is 10.1 Å². The van der Waals surface area contributed by atoms with E-state index in [4.69, 9.17) is 4.74 Å². The molecule has 2 nitrogen and oxygen atoms in total. The Morgan fingerprint density at radius 2 is 2.12 bits per heavy atom. The zero-order chi connectivity index (χ0) is 12.1. The maximum Gasteiger partial charge on any atom is 0.165 e. The minimum Gasteiger partial charge on any atom is -0.487 e. The molecular formula is C14H20FNO. The van der Waals surface area contributed by atoms with Crippen LogP contribution in [0, 0.1) is 11.7 Å². The maximum atomic E-state index is 13.5. The largest absolute Gasteiger partial charge is 0.487 e. The van der Waals surface area contributed by atoms with E-state index in [0.717, 1.165) is 25.9 Å². The van der Waals surface area contributed by atoms with Gasteiger partial charge in [-0.2, -0.15) is 0 Å². The highest BCUT2D eigenvalue weighted by Crippen LogP contribution is 2.24. The quantitative estimate of drug-likeness (QED) is 0.872. The monoisotopic (exact) mass is 237 g/mol. The van der Waals surface area contributed by atoms with E-state index >= 15 is 0 Å². The Morgan fingerprint density at radius 1 is 1.29 bits per heavy atom. The van der Waals surface area contributed by atoms with Gasteiger partial charge in [0, 0.05) is 0 Å². The second-order valence-corrected chi connectivity index (χ2v) is 4.69. The average Bonchev–Trinajstić information content (AvgIpc) is 2.61. The SMILES string of the molecule is CC(Oc1ccccc1F)C1CCCNCC1. The van der Waals surface area contributed by atoms with Crippen LogP contribution >= 0.6 is 0 Å². The molecular weight excluding hydrogens is 217 g/mol. The lowest BCUT2D eigenvalue weighted by Gasteiger charge is -2.23. The van der Waals surface area contributed by atoms with E-state index in [0.29, 0.717) is 11.7 Å². The molecule has 0 spiro atoms. The predicted octanol–water partition coefficient (Wildman–Crippen LogP) is 2.98. The van der Waals surface area contributed by atoms with Crippen molar-refractivity contribution in [1.82, 2.24) is 5.32 Å². The highest BCUT2D eigenvalue weighted by atomic mass is 19.1.